The molecular weight excluding hydrogens is 240 g/mol. The molecule has 2 aliphatic heterocycles. The number of carbonyl (C=O) groups is 1. The summed E-state index contributed by atoms with van der Waals surface area (Å²) >= 11 is 0. The van der Waals surface area contributed by atoms with Crippen LogP contribution in [-0.4, -0.2) is 42.8 Å². The topological polar surface area (TPSA) is 41.6 Å². The van der Waals surface area contributed by atoms with Crippen LogP contribution in [0.3, 0.4) is 0 Å². The summed E-state index contributed by atoms with van der Waals surface area (Å²) in [6.45, 7) is 9.32. The van der Waals surface area contributed by atoms with Crippen LogP contribution in [0.2, 0.25) is 0 Å². The smallest absolute Gasteiger partial charge is 0.304 e. The van der Waals surface area contributed by atoms with E-state index in [1.807, 2.05) is 0 Å². The van der Waals surface area contributed by atoms with E-state index in [0.717, 1.165) is 44.9 Å². The summed E-state index contributed by atoms with van der Waals surface area (Å²) in [5, 5.41) is 3.36. The molecule has 2 aliphatic rings. The van der Waals surface area contributed by atoms with Gasteiger partial charge in [0.25, 0.3) is 0 Å². The zero-order chi connectivity index (χ0) is 13.9. The second-order valence-corrected chi connectivity index (χ2v) is 6.06. The fraction of sp³-hybridized carbons (Fsp3) is 0.933. The third kappa shape index (κ3) is 3.11. The Morgan fingerprint density at radius 2 is 1.95 bits per heavy atom. The first-order valence-corrected chi connectivity index (χ1v) is 7.76. The van der Waals surface area contributed by atoms with Crippen molar-refractivity contribution in [3.8, 4) is 0 Å². The summed E-state index contributed by atoms with van der Waals surface area (Å²) in [5.41, 5.74) is 0.189. The maximum absolute atomic E-state index is 11.2. The number of hydrogen-bond acceptors (Lipinski definition) is 4. The predicted octanol–water partition coefficient (Wildman–Crippen LogP) is 2.14. The highest BCUT2D eigenvalue weighted by Gasteiger charge is 2.47. The largest absolute Gasteiger partial charge is 0.446 e. The van der Waals surface area contributed by atoms with Gasteiger partial charge >= 0.3 is 5.97 Å². The number of nitrogens with zero attached hydrogens (tertiary/aromatic N) is 1. The molecule has 19 heavy (non-hydrogen) atoms. The van der Waals surface area contributed by atoms with Gasteiger partial charge in [-0.15, -0.1) is 0 Å². The number of ether oxygens (including phenoxy) is 1. The molecule has 2 fully saturated rings. The lowest BCUT2D eigenvalue weighted by atomic mass is 9.76. The van der Waals surface area contributed by atoms with E-state index in [0.29, 0.717) is 0 Å². The van der Waals surface area contributed by atoms with Gasteiger partial charge in [0.1, 0.15) is 0 Å². The molecule has 0 bridgehead atoms. The SMILES string of the molecule is CCC(CC)N1CCC2(CCNC2OC(C)=O)CC1. The summed E-state index contributed by atoms with van der Waals surface area (Å²) in [6, 6.07) is 0.721. The summed E-state index contributed by atoms with van der Waals surface area (Å²) < 4.78 is 5.48. The van der Waals surface area contributed by atoms with Crippen molar-refractivity contribution >= 4 is 5.97 Å². The van der Waals surface area contributed by atoms with Gasteiger partial charge in [-0.05, 0) is 51.7 Å². The fourth-order valence-corrected chi connectivity index (χ4v) is 3.78. The Kier molecular flexibility index (Phi) is 4.85. The lowest BCUT2D eigenvalue weighted by molar-refractivity contribution is -0.156. The van der Waals surface area contributed by atoms with E-state index in [9.17, 15) is 4.79 Å². The van der Waals surface area contributed by atoms with E-state index in [1.165, 1.54) is 19.8 Å². The molecule has 0 aromatic heterocycles. The Labute approximate surface area is 116 Å². The van der Waals surface area contributed by atoms with Crippen molar-refractivity contribution in [2.24, 2.45) is 5.41 Å². The zero-order valence-corrected chi connectivity index (χ0v) is 12.6. The first-order valence-electron chi connectivity index (χ1n) is 7.76. The maximum Gasteiger partial charge on any atom is 0.304 e. The first kappa shape index (κ1) is 14.8. The second kappa shape index (κ2) is 6.23. The van der Waals surface area contributed by atoms with Gasteiger partial charge in [0.2, 0.25) is 0 Å². The van der Waals surface area contributed by atoms with Gasteiger partial charge in [-0.1, -0.05) is 13.8 Å². The second-order valence-electron chi connectivity index (χ2n) is 6.06. The molecule has 0 amide bonds. The molecule has 0 aromatic carbocycles. The molecule has 0 aromatic rings. The van der Waals surface area contributed by atoms with Crippen LogP contribution in [0, 0.1) is 5.41 Å². The van der Waals surface area contributed by atoms with Crippen molar-refractivity contribution in [3.05, 3.63) is 0 Å². The highest BCUT2D eigenvalue weighted by atomic mass is 16.6. The summed E-state index contributed by atoms with van der Waals surface area (Å²) in [4.78, 5) is 13.8. The number of nitrogens with one attached hydrogen (secondary N) is 1. The number of esters is 1. The zero-order valence-electron chi connectivity index (χ0n) is 12.6. The molecule has 2 heterocycles. The van der Waals surface area contributed by atoms with E-state index in [4.69, 9.17) is 4.74 Å². The van der Waals surface area contributed by atoms with Gasteiger partial charge in [0.15, 0.2) is 6.23 Å². The summed E-state index contributed by atoms with van der Waals surface area (Å²) in [6.07, 6.45) is 5.84. The number of carbonyl (C=O) groups excluding carboxylic acids is 1. The molecule has 4 nitrogen and oxygen atoms in total. The number of piperidine rings is 1. The van der Waals surface area contributed by atoms with E-state index in [1.54, 1.807) is 0 Å². The van der Waals surface area contributed by atoms with Crippen LogP contribution in [0.1, 0.15) is 52.9 Å². The Morgan fingerprint density at radius 1 is 1.32 bits per heavy atom. The van der Waals surface area contributed by atoms with Crippen LogP contribution >= 0.6 is 0 Å². The lowest BCUT2D eigenvalue weighted by Gasteiger charge is -2.44. The monoisotopic (exact) mass is 268 g/mol. The van der Waals surface area contributed by atoms with Crippen LogP contribution in [0.5, 0.6) is 0 Å². The molecule has 0 saturated carbocycles. The van der Waals surface area contributed by atoms with Gasteiger partial charge in [-0.2, -0.15) is 0 Å². The van der Waals surface area contributed by atoms with Gasteiger partial charge in [-0.3, -0.25) is 10.1 Å². The molecule has 1 unspecified atom stereocenters. The van der Waals surface area contributed by atoms with Gasteiger partial charge < -0.3 is 9.64 Å². The highest BCUT2D eigenvalue weighted by molar-refractivity contribution is 5.66. The van der Waals surface area contributed by atoms with E-state index >= 15 is 0 Å². The third-order valence-electron chi connectivity index (χ3n) is 5.05. The molecule has 2 rings (SSSR count). The fourth-order valence-electron chi connectivity index (χ4n) is 3.78. The molecule has 1 spiro atoms. The van der Waals surface area contributed by atoms with Crippen molar-refractivity contribution in [2.75, 3.05) is 19.6 Å². The molecule has 0 radical (unpaired) electrons. The van der Waals surface area contributed by atoms with E-state index in [2.05, 4.69) is 24.1 Å². The van der Waals surface area contributed by atoms with Gasteiger partial charge in [-0.25, -0.2) is 0 Å². The Bertz CT molecular complexity index is 307. The normalized spacial score (nSPS) is 27.1. The minimum absolute atomic E-state index is 0.0612. The molecule has 1 N–H and O–H groups in total. The number of likely N-dealkylation sites (tertiary alicyclic amines) is 1. The van der Waals surface area contributed by atoms with Crippen molar-refractivity contribution in [3.63, 3.8) is 0 Å². The first-order chi connectivity index (χ1) is 9.11. The maximum atomic E-state index is 11.2. The number of hydrogen-bond donors (Lipinski definition) is 1. The Hall–Kier alpha value is -0.610. The van der Waals surface area contributed by atoms with E-state index in [-0.39, 0.29) is 17.6 Å². The van der Waals surface area contributed by atoms with Crippen molar-refractivity contribution in [1.82, 2.24) is 10.2 Å². The lowest BCUT2D eigenvalue weighted by Crippen LogP contribution is -2.50. The minimum atomic E-state index is -0.166. The van der Waals surface area contributed by atoms with Gasteiger partial charge in [0, 0.05) is 18.4 Å². The van der Waals surface area contributed by atoms with Crippen molar-refractivity contribution in [1.29, 1.82) is 0 Å². The molecule has 4 heteroatoms. The van der Waals surface area contributed by atoms with Crippen LogP contribution < -0.4 is 5.32 Å². The molecule has 2 saturated heterocycles. The minimum Gasteiger partial charge on any atom is -0.446 e. The van der Waals surface area contributed by atoms with Crippen LogP contribution in [0.15, 0.2) is 0 Å². The van der Waals surface area contributed by atoms with Crippen LogP contribution in [-0.2, 0) is 9.53 Å². The Morgan fingerprint density at radius 3 is 2.47 bits per heavy atom. The molecule has 110 valence electrons. The molecule has 1 atom stereocenters. The van der Waals surface area contributed by atoms with E-state index < -0.39 is 0 Å². The molecule has 0 aliphatic carbocycles. The number of rotatable bonds is 4. The third-order valence-corrected chi connectivity index (χ3v) is 5.05. The quantitative estimate of drug-likeness (QED) is 0.793. The van der Waals surface area contributed by atoms with Crippen LogP contribution in [0.25, 0.3) is 0 Å². The van der Waals surface area contributed by atoms with Crippen molar-refractivity contribution in [2.45, 2.75) is 65.1 Å². The van der Waals surface area contributed by atoms with Crippen LogP contribution in [0.4, 0.5) is 0 Å². The Balaban J connectivity index is 1.95. The van der Waals surface area contributed by atoms with Gasteiger partial charge in [0.05, 0.1) is 0 Å². The molecular formula is C15H28N2O2. The average Bonchev–Trinajstić information content (AvgIpc) is 2.75. The summed E-state index contributed by atoms with van der Waals surface area (Å²) in [7, 11) is 0. The standard InChI is InChI=1S/C15H28N2O2/c1-4-13(5-2)17-10-7-15(8-11-17)6-9-16-14(15)19-12(3)18/h13-14,16H,4-11H2,1-3H3. The highest BCUT2D eigenvalue weighted by Crippen LogP contribution is 2.42. The van der Waals surface area contributed by atoms with Crippen molar-refractivity contribution < 1.29 is 9.53 Å². The average molecular weight is 268 g/mol. The predicted molar refractivity (Wildman–Crippen MR) is 75.8 cm³/mol. The summed E-state index contributed by atoms with van der Waals surface area (Å²) in [5.74, 6) is -0.166.